The molecule has 0 spiro atoms. The summed E-state index contributed by atoms with van der Waals surface area (Å²) in [5.74, 6) is 0.658. The van der Waals surface area contributed by atoms with E-state index in [0.717, 1.165) is 40.7 Å². The van der Waals surface area contributed by atoms with Crippen molar-refractivity contribution in [3.05, 3.63) is 51.1 Å². The molecule has 1 heterocycles. The van der Waals surface area contributed by atoms with Gasteiger partial charge in [-0.3, -0.25) is 0 Å². The zero-order valence-corrected chi connectivity index (χ0v) is 12.8. The summed E-state index contributed by atoms with van der Waals surface area (Å²) >= 11 is 3.49. The highest BCUT2D eigenvalue weighted by molar-refractivity contribution is 9.10. The summed E-state index contributed by atoms with van der Waals surface area (Å²) < 4.78 is 1.01. The quantitative estimate of drug-likeness (QED) is 0.896. The number of hydrogen-bond acceptors (Lipinski definition) is 3. The Hall–Kier alpha value is -1.86. The van der Waals surface area contributed by atoms with Crippen molar-refractivity contribution in [2.45, 2.75) is 26.2 Å². The first-order valence-corrected chi connectivity index (χ1v) is 7.42. The molecule has 3 nitrogen and oxygen atoms in total. The fraction of sp³-hybridized carbons (Fsp3) is 0.250. The third kappa shape index (κ3) is 2.54. The first-order chi connectivity index (χ1) is 9.65. The number of rotatable bonds is 2. The van der Waals surface area contributed by atoms with Crippen LogP contribution < -0.4 is 5.32 Å². The lowest BCUT2D eigenvalue weighted by Gasteiger charge is -2.11. The molecule has 2 aromatic rings. The first-order valence-electron chi connectivity index (χ1n) is 6.63. The molecule has 3 rings (SSSR count). The number of benzene rings is 1. The summed E-state index contributed by atoms with van der Waals surface area (Å²) in [6, 6.07) is 10.3. The van der Waals surface area contributed by atoms with E-state index in [4.69, 9.17) is 0 Å². The van der Waals surface area contributed by atoms with Gasteiger partial charge in [-0.05, 0) is 61.6 Å². The molecular formula is C16H14BrN3. The predicted octanol–water partition coefficient (Wildman–Crippen LogP) is 4.26. The van der Waals surface area contributed by atoms with Crippen LogP contribution in [0.2, 0.25) is 0 Å². The van der Waals surface area contributed by atoms with Crippen LogP contribution in [0.15, 0.2) is 28.7 Å². The van der Waals surface area contributed by atoms with Crippen LogP contribution in [0, 0.1) is 18.3 Å². The second kappa shape index (κ2) is 5.26. The number of fused-ring (bicyclic) bond motifs is 1. The minimum absolute atomic E-state index is 0.614. The summed E-state index contributed by atoms with van der Waals surface area (Å²) in [7, 11) is 0. The molecule has 0 bridgehead atoms. The number of hydrogen-bond donors (Lipinski definition) is 1. The molecule has 4 heteroatoms. The zero-order chi connectivity index (χ0) is 14.1. The molecule has 20 heavy (non-hydrogen) atoms. The van der Waals surface area contributed by atoms with Crippen LogP contribution in [0.25, 0.3) is 0 Å². The molecule has 0 atom stereocenters. The molecule has 1 aliphatic rings. The summed E-state index contributed by atoms with van der Waals surface area (Å²) in [4.78, 5) is 4.63. The van der Waals surface area contributed by atoms with Gasteiger partial charge in [-0.15, -0.1) is 0 Å². The second-order valence-electron chi connectivity index (χ2n) is 5.10. The van der Waals surface area contributed by atoms with Gasteiger partial charge < -0.3 is 5.32 Å². The SMILES string of the molecule is Cc1cc(Br)cc(Nc2nc3c(cc2C#N)CCC3)c1. The van der Waals surface area contributed by atoms with E-state index in [9.17, 15) is 5.26 Å². The molecule has 0 saturated carbocycles. The van der Waals surface area contributed by atoms with Gasteiger partial charge in [0.1, 0.15) is 11.9 Å². The van der Waals surface area contributed by atoms with Crippen molar-refractivity contribution in [2.24, 2.45) is 0 Å². The Morgan fingerprint density at radius 1 is 1.25 bits per heavy atom. The van der Waals surface area contributed by atoms with Gasteiger partial charge in [0.05, 0.1) is 5.56 Å². The van der Waals surface area contributed by atoms with Gasteiger partial charge in [0.25, 0.3) is 0 Å². The van der Waals surface area contributed by atoms with Gasteiger partial charge in [0.2, 0.25) is 0 Å². The molecule has 0 radical (unpaired) electrons. The third-order valence-corrected chi connectivity index (χ3v) is 3.93. The Morgan fingerprint density at radius 2 is 2.10 bits per heavy atom. The van der Waals surface area contributed by atoms with E-state index in [1.165, 1.54) is 5.56 Å². The molecular weight excluding hydrogens is 314 g/mol. The molecule has 0 amide bonds. The maximum absolute atomic E-state index is 9.30. The fourth-order valence-electron chi connectivity index (χ4n) is 2.60. The van der Waals surface area contributed by atoms with Crippen molar-refractivity contribution in [2.75, 3.05) is 5.32 Å². The van der Waals surface area contributed by atoms with Crippen LogP contribution >= 0.6 is 15.9 Å². The van der Waals surface area contributed by atoms with Crippen LogP contribution in [0.4, 0.5) is 11.5 Å². The molecule has 1 aromatic heterocycles. The van der Waals surface area contributed by atoms with Crippen molar-refractivity contribution in [1.82, 2.24) is 4.98 Å². The van der Waals surface area contributed by atoms with Crippen molar-refractivity contribution in [3.8, 4) is 6.07 Å². The van der Waals surface area contributed by atoms with Crippen molar-refractivity contribution >= 4 is 27.4 Å². The third-order valence-electron chi connectivity index (χ3n) is 3.48. The smallest absolute Gasteiger partial charge is 0.148 e. The molecule has 0 aliphatic heterocycles. The maximum atomic E-state index is 9.30. The van der Waals surface area contributed by atoms with E-state index in [0.29, 0.717) is 11.4 Å². The number of aromatic nitrogens is 1. The van der Waals surface area contributed by atoms with Gasteiger partial charge in [-0.2, -0.15) is 5.26 Å². The van der Waals surface area contributed by atoms with E-state index < -0.39 is 0 Å². The fourth-order valence-corrected chi connectivity index (χ4v) is 3.21. The number of nitriles is 1. The first kappa shape index (κ1) is 13.1. The molecule has 1 aliphatic carbocycles. The van der Waals surface area contributed by atoms with Crippen LogP contribution in [-0.4, -0.2) is 4.98 Å². The average Bonchev–Trinajstić information content (AvgIpc) is 2.83. The summed E-state index contributed by atoms with van der Waals surface area (Å²) in [5.41, 5.74) is 5.05. The Morgan fingerprint density at radius 3 is 2.85 bits per heavy atom. The highest BCUT2D eigenvalue weighted by Crippen LogP contribution is 2.28. The van der Waals surface area contributed by atoms with Crippen LogP contribution in [0.5, 0.6) is 0 Å². The van der Waals surface area contributed by atoms with Crippen LogP contribution in [0.1, 0.15) is 28.8 Å². The minimum Gasteiger partial charge on any atom is -0.339 e. The summed E-state index contributed by atoms with van der Waals surface area (Å²) in [5, 5.41) is 12.6. The molecule has 1 N–H and O–H groups in total. The largest absolute Gasteiger partial charge is 0.339 e. The van der Waals surface area contributed by atoms with Crippen molar-refractivity contribution < 1.29 is 0 Å². The number of anilines is 2. The number of halogens is 1. The molecule has 0 unspecified atom stereocenters. The Bertz CT molecular complexity index is 696. The van der Waals surface area contributed by atoms with E-state index in [1.54, 1.807) is 0 Å². The number of nitrogens with one attached hydrogen (secondary N) is 1. The van der Waals surface area contributed by atoms with E-state index >= 15 is 0 Å². The topological polar surface area (TPSA) is 48.7 Å². The highest BCUT2D eigenvalue weighted by Gasteiger charge is 2.16. The standard InChI is InChI=1S/C16H14BrN3/c1-10-5-13(17)8-14(6-10)19-16-12(9-18)7-11-3-2-4-15(11)20-16/h5-8H,2-4H2,1H3,(H,19,20). The lowest BCUT2D eigenvalue weighted by Crippen LogP contribution is -2.01. The Kier molecular flexibility index (Phi) is 3.45. The van der Waals surface area contributed by atoms with E-state index in [1.807, 2.05) is 31.2 Å². The van der Waals surface area contributed by atoms with Crippen LogP contribution in [-0.2, 0) is 12.8 Å². The molecule has 0 fully saturated rings. The summed E-state index contributed by atoms with van der Waals surface area (Å²) in [6.07, 6.45) is 3.17. The van der Waals surface area contributed by atoms with Crippen molar-refractivity contribution in [3.63, 3.8) is 0 Å². The monoisotopic (exact) mass is 327 g/mol. The Balaban J connectivity index is 2.00. The lowest BCUT2D eigenvalue weighted by atomic mass is 10.1. The zero-order valence-electron chi connectivity index (χ0n) is 11.2. The molecule has 100 valence electrons. The normalized spacial score (nSPS) is 12.8. The number of aryl methyl sites for hydroxylation is 3. The number of nitrogens with zero attached hydrogens (tertiary/aromatic N) is 2. The van der Waals surface area contributed by atoms with Gasteiger partial charge in [0.15, 0.2) is 0 Å². The van der Waals surface area contributed by atoms with Gasteiger partial charge >= 0.3 is 0 Å². The Labute approximate surface area is 126 Å². The average molecular weight is 328 g/mol. The van der Waals surface area contributed by atoms with Crippen molar-refractivity contribution in [1.29, 1.82) is 5.26 Å². The van der Waals surface area contributed by atoms with Gasteiger partial charge in [-0.25, -0.2) is 4.98 Å². The van der Waals surface area contributed by atoms with Gasteiger partial charge in [-0.1, -0.05) is 15.9 Å². The molecule has 1 aromatic carbocycles. The molecule has 0 saturated heterocycles. The maximum Gasteiger partial charge on any atom is 0.148 e. The predicted molar refractivity (Wildman–Crippen MR) is 83.1 cm³/mol. The summed E-state index contributed by atoms with van der Waals surface area (Å²) in [6.45, 7) is 2.04. The lowest BCUT2D eigenvalue weighted by molar-refractivity contribution is 0.900. The second-order valence-corrected chi connectivity index (χ2v) is 6.01. The van der Waals surface area contributed by atoms with E-state index in [2.05, 4.69) is 32.3 Å². The number of pyridine rings is 1. The van der Waals surface area contributed by atoms with Gasteiger partial charge in [0, 0.05) is 15.9 Å². The van der Waals surface area contributed by atoms with E-state index in [-0.39, 0.29) is 0 Å². The minimum atomic E-state index is 0.614. The highest BCUT2D eigenvalue weighted by atomic mass is 79.9. The van der Waals surface area contributed by atoms with Crippen LogP contribution in [0.3, 0.4) is 0 Å².